The molecule has 1 aliphatic heterocycles. The average Bonchev–Trinajstić information content (AvgIpc) is 3.12. The van der Waals surface area contributed by atoms with E-state index in [4.69, 9.17) is 0 Å². The Balaban J connectivity index is 1.65. The van der Waals surface area contributed by atoms with Crippen LogP contribution in [0.1, 0.15) is 18.4 Å². The lowest BCUT2D eigenvalue weighted by Gasteiger charge is -2.31. The van der Waals surface area contributed by atoms with E-state index in [1.807, 2.05) is 18.6 Å². The summed E-state index contributed by atoms with van der Waals surface area (Å²) in [6.45, 7) is 3.72. The molecule has 0 unspecified atom stereocenters. The Morgan fingerprint density at radius 1 is 1.00 bits per heavy atom. The maximum Gasteiger partial charge on any atom is 0.157 e. The van der Waals surface area contributed by atoms with E-state index in [0.29, 0.717) is 0 Å². The van der Waals surface area contributed by atoms with Gasteiger partial charge < -0.3 is 10.0 Å². The molecule has 6 heteroatoms. The molecular weight excluding hydrogens is 338 g/mol. The molecule has 6 nitrogen and oxygen atoms in total. The van der Waals surface area contributed by atoms with Crippen LogP contribution in [-0.4, -0.2) is 43.7 Å². The number of fused-ring (bicyclic) bond motifs is 2. The third-order valence-electron chi connectivity index (χ3n) is 5.32. The number of pyridine rings is 1. The van der Waals surface area contributed by atoms with Gasteiger partial charge in [-0.05, 0) is 38.0 Å². The van der Waals surface area contributed by atoms with E-state index in [1.165, 1.54) is 5.56 Å². The smallest absolute Gasteiger partial charge is 0.157 e. The number of benzene rings is 1. The van der Waals surface area contributed by atoms with Crippen molar-refractivity contribution < 1.29 is 5.11 Å². The fourth-order valence-electron chi connectivity index (χ4n) is 3.84. The topological polar surface area (TPSA) is 66.5 Å². The fourth-order valence-corrected chi connectivity index (χ4v) is 3.84. The van der Waals surface area contributed by atoms with Crippen LogP contribution in [0.3, 0.4) is 0 Å². The van der Waals surface area contributed by atoms with Crippen molar-refractivity contribution in [3.63, 3.8) is 0 Å². The number of hydrogen-bond acceptors (Lipinski definition) is 5. The molecule has 0 amide bonds. The largest absolute Gasteiger partial charge is 0.393 e. The summed E-state index contributed by atoms with van der Waals surface area (Å²) in [5.74, 6) is 1.01. The molecule has 0 radical (unpaired) electrons. The molecule has 3 aromatic heterocycles. The average molecular weight is 359 g/mol. The van der Waals surface area contributed by atoms with Crippen LogP contribution in [0.2, 0.25) is 0 Å². The van der Waals surface area contributed by atoms with E-state index in [1.54, 1.807) is 6.20 Å². The molecule has 0 atom stereocenters. The Kier molecular flexibility index (Phi) is 3.79. The van der Waals surface area contributed by atoms with Crippen molar-refractivity contribution in [3.8, 4) is 11.3 Å². The summed E-state index contributed by atoms with van der Waals surface area (Å²) in [5, 5.41) is 11.0. The first kappa shape index (κ1) is 16.2. The van der Waals surface area contributed by atoms with Crippen LogP contribution >= 0.6 is 0 Å². The van der Waals surface area contributed by atoms with Gasteiger partial charge in [0.25, 0.3) is 0 Å². The molecule has 1 N–H and O–H groups in total. The van der Waals surface area contributed by atoms with E-state index in [9.17, 15) is 5.11 Å². The van der Waals surface area contributed by atoms with Crippen LogP contribution in [0.25, 0.3) is 27.8 Å². The van der Waals surface area contributed by atoms with Gasteiger partial charge in [-0.2, -0.15) is 0 Å². The SMILES string of the molecule is Cc1ccc2ncc(-c3cnc4cncc(N5CCC(O)CC5)n34)cc2c1. The molecule has 4 aromatic rings. The Hall–Kier alpha value is -2.99. The van der Waals surface area contributed by atoms with Gasteiger partial charge in [-0.15, -0.1) is 0 Å². The Bertz CT molecular complexity index is 1130. The van der Waals surface area contributed by atoms with E-state index >= 15 is 0 Å². The second kappa shape index (κ2) is 6.32. The van der Waals surface area contributed by atoms with Crippen LogP contribution in [0, 0.1) is 6.92 Å². The quantitative estimate of drug-likeness (QED) is 0.595. The summed E-state index contributed by atoms with van der Waals surface area (Å²) in [6, 6.07) is 8.46. The van der Waals surface area contributed by atoms with Gasteiger partial charge in [0.2, 0.25) is 0 Å². The predicted octanol–water partition coefficient (Wildman–Crippen LogP) is 3.21. The zero-order valence-electron chi connectivity index (χ0n) is 15.2. The van der Waals surface area contributed by atoms with Crippen molar-refractivity contribution in [2.45, 2.75) is 25.9 Å². The maximum atomic E-state index is 9.83. The lowest BCUT2D eigenvalue weighted by molar-refractivity contribution is 0.145. The number of nitrogens with zero attached hydrogens (tertiary/aromatic N) is 5. The highest BCUT2D eigenvalue weighted by Gasteiger charge is 2.21. The first-order chi connectivity index (χ1) is 13.2. The Morgan fingerprint density at radius 3 is 2.70 bits per heavy atom. The molecule has 136 valence electrons. The van der Waals surface area contributed by atoms with Crippen molar-refractivity contribution in [1.82, 2.24) is 19.4 Å². The molecule has 1 aliphatic rings. The number of hydrogen-bond donors (Lipinski definition) is 1. The summed E-state index contributed by atoms with van der Waals surface area (Å²) in [6.07, 6.45) is 8.81. The minimum Gasteiger partial charge on any atom is -0.393 e. The second-order valence-corrected chi connectivity index (χ2v) is 7.24. The van der Waals surface area contributed by atoms with Gasteiger partial charge >= 0.3 is 0 Å². The minimum absolute atomic E-state index is 0.205. The number of aromatic nitrogens is 4. The summed E-state index contributed by atoms with van der Waals surface area (Å²) in [4.78, 5) is 15.8. The fraction of sp³-hybridized carbons (Fsp3) is 0.286. The van der Waals surface area contributed by atoms with Gasteiger partial charge in [-0.25, -0.2) is 4.98 Å². The molecule has 0 aliphatic carbocycles. The second-order valence-electron chi connectivity index (χ2n) is 7.24. The zero-order chi connectivity index (χ0) is 18.4. The lowest BCUT2D eigenvalue weighted by Crippen LogP contribution is -2.36. The first-order valence-corrected chi connectivity index (χ1v) is 9.30. The van der Waals surface area contributed by atoms with E-state index < -0.39 is 0 Å². The maximum absolute atomic E-state index is 9.83. The Morgan fingerprint density at radius 2 is 1.85 bits per heavy atom. The molecule has 0 bridgehead atoms. The van der Waals surface area contributed by atoms with Gasteiger partial charge in [0.1, 0.15) is 5.82 Å². The van der Waals surface area contributed by atoms with Crippen LogP contribution in [-0.2, 0) is 0 Å². The van der Waals surface area contributed by atoms with Crippen LogP contribution in [0.5, 0.6) is 0 Å². The van der Waals surface area contributed by atoms with E-state index in [0.717, 1.165) is 59.6 Å². The number of imidazole rings is 1. The van der Waals surface area contributed by atoms with E-state index in [-0.39, 0.29) is 6.10 Å². The number of anilines is 1. The van der Waals surface area contributed by atoms with Crippen molar-refractivity contribution in [2.75, 3.05) is 18.0 Å². The molecule has 27 heavy (non-hydrogen) atoms. The van der Waals surface area contributed by atoms with Gasteiger partial charge in [0.15, 0.2) is 5.65 Å². The highest BCUT2D eigenvalue weighted by molar-refractivity contribution is 5.84. The summed E-state index contributed by atoms with van der Waals surface area (Å²) in [7, 11) is 0. The highest BCUT2D eigenvalue weighted by Crippen LogP contribution is 2.29. The third-order valence-corrected chi connectivity index (χ3v) is 5.32. The van der Waals surface area contributed by atoms with Crippen molar-refractivity contribution in [1.29, 1.82) is 0 Å². The van der Waals surface area contributed by atoms with Crippen molar-refractivity contribution >= 4 is 22.4 Å². The predicted molar refractivity (Wildman–Crippen MR) is 106 cm³/mol. The molecule has 5 rings (SSSR count). The molecular formula is C21H21N5O. The Labute approximate surface area is 157 Å². The van der Waals surface area contributed by atoms with Gasteiger partial charge in [-0.1, -0.05) is 11.6 Å². The summed E-state index contributed by atoms with van der Waals surface area (Å²) in [5.41, 5.74) is 5.06. The first-order valence-electron chi connectivity index (χ1n) is 9.30. The lowest BCUT2D eigenvalue weighted by atomic mass is 10.1. The molecule has 1 saturated heterocycles. The normalized spacial score (nSPS) is 15.7. The molecule has 0 saturated carbocycles. The number of rotatable bonds is 2. The number of aliphatic hydroxyl groups is 1. The zero-order valence-corrected chi connectivity index (χ0v) is 15.2. The summed E-state index contributed by atoms with van der Waals surface area (Å²) >= 11 is 0. The molecule has 1 aromatic carbocycles. The van der Waals surface area contributed by atoms with Gasteiger partial charge in [-0.3, -0.25) is 14.4 Å². The molecule has 1 fully saturated rings. The third kappa shape index (κ3) is 2.82. The number of aliphatic hydroxyl groups excluding tert-OH is 1. The van der Waals surface area contributed by atoms with Gasteiger partial charge in [0.05, 0.1) is 35.9 Å². The summed E-state index contributed by atoms with van der Waals surface area (Å²) < 4.78 is 2.14. The molecule has 4 heterocycles. The van der Waals surface area contributed by atoms with Crippen LogP contribution in [0.4, 0.5) is 5.82 Å². The van der Waals surface area contributed by atoms with Gasteiger partial charge in [0, 0.05) is 30.2 Å². The minimum atomic E-state index is -0.205. The number of aryl methyl sites for hydroxylation is 1. The highest BCUT2D eigenvalue weighted by atomic mass is 16.3. The van der Waals surface area contributed by atoms with Crippen molar-refractivity contribution in [2.24, 2.45) is 0 Å². The monoisotopic (exact) mass is 359 g/mol. The molecule has 0 spiro atoms. The van der Waals surface area contributed by atoms with Crippen LogP contribution < -0.4 is 4.90 Å². The number of piperidine rings is 1. The van der Waals surface area contributed by atoms with Crippen molar-refractivity contribution in [3.05, 3.63) is 54.6 Å². The van der Waals surface area contributed by atoms with E-state index in [2.05, 4.69) is 55.4 Å². The standard InChI is InChI=1S/C21H21N5O/c1-14-2-3-18-15(8-14)9-16(10-23-18)19-11-24-20-12-22-13-21(26(19)20)25-6-4-17(27)5-7-25/h2-3,8-13,17,27H,4-7H2,1H3. The van der Waals surface area contributed by atoms with Crippen LogP contribution in [0.15, 0.2) is 49.1 Å².